The highest BCUT2D eigenvalue weighted by Gasteiger charge is 2.28. The third-order valence-electron chi connectivity index (χ3n) is 3.04. The van der Waals surface area contributed by atoms with Gasteiger partial charge in [0.05, 0.1) is 6.61 Å². The zero-order chi connectivity index (χ0) is 15.3. The molecule has 0 radical (unpaired) electrons. The summed E-state index contributed by atoms with van der Waals surface area (Å²) >= 11 is 0. The van der Waals surface area contributed by atoms with Crippen LogP contribution in [-0.2, 0) is 9.53 Å². The Bertz CT molecular complexity index is 483. The summed E-state index contributed by atoms with van der Waals surface area (Å²) in [6.45, 7) is 9.35. The Balaban J connectivity index is 2.88. The van der Waals surface area contributed by atoms with E-state index in [0.717, 1.165) is 6.42 Å². The third kappa shape index (κ3) is 3.75. The van der Waals surface area contributed by atoms with Gasteiger partial charge in [0, 0.05) is 5.54 Å². The van der Waals surface area contributed by atoms with Crippen molar-refractivity contribution in [3.63, 3.8) is 0 Å². The van der Waals surface area contributed by atoms with Gasteiger partial charge in [0.25, 0.3) is 5.82 Å². The number of ether oxygens (including phenoxy) is 1. The maximum atomic E-state index is 12.2. The largest absolute Gasteiger partial charge is 0.460 e. The molecule has 1 heterocycles. The molecule has 0 fully saturated rings. The first kappa shape index (κ1) is 16.1. The monoisotopic (exact) mass is 283 g/mol. The number of hydrogen-bond acceptors (Lipinski definition) is 6. The fourth-order valence-electron chi connectivity index (χ4n) is 1.42. The molecule has 1 rings (SSSR count). The Kier molecular flexibility index (Phi) is 5.18. The van der Waals surface area contributed by atoms with Crippen LogP contribution in [-0.4, -0.2) is 44.2 Å². The van der Waals surface area contributed by atoms with E-state index in [1.54, 1.807) is 13.8 Å². The zero-order valence-corrected chi connectivity index (χ0v) is 12.5. The van der Waals surface area contributed by atoms with Crippen LogP contribution in [0.1, 0.15) is 57.7 Å². The first-order valence-corrected chi connectivity index (χ1v) is 6.59. The molecule has 0 saturated heterocycles. The molecule has 0 aliphatic heterocycles. The summed E-state index contributed by atoms with van der Waals surface area (Å²) in [5.41, 5.74) is -0.330. The molecule has 1 aromatic heterocycles. The second-order valence-electron chi connectivity index (χ2n) is 5.07. The van der Waals surface area contributed by atoms with Gasteiger partial charge in [0.2, 0.25) is 5.91 Å². The number of rotatable bonds is 6. The molecule has 20 heavy (non-hydrogen) atoms. The van der Waals surface area contributed by atoms with Gasteiger partial charge in [-0.2, -0.15) is 0 Å². The van der Waals surface area contributed by atoms with Crippen molar-refractivity contribution in [2.45, 2.75) is 52.6 Å². The minimum absolute atomic E-state index is 0.0798. The smallest absolute Gasteiger partial charge is 0.378 e. The van der Waals surface area contributed by atoms with Gasteiger partial charge in [0.1, 0.15) is 6.04 Å². The molecule has 1 aromatic rings. The zero-order valence-electron chi connectivity index (χ0n) is 12.5. The lowest BCUT2D eigenvalue weighted by Gasteiger charge is -2.26. The van der Waals surface area contributed by atoms with Gasteiger partial charge >= 0.3 is 5.97 Å². The molecule has 0 aliphatic rings. The van der Waals surface area contributed by atoms with E-state index in [0.29, 0.717) is 0 Å². The second-order valence-corrected chi connectivity index (χ2v) is 5.07. The summed E-state index contributed by atoms with van der Waals surface area (Å²) in [6.07, 6.45) is 0.784. The number of tetrazole rings is 1. The predicted molar refractivity (Wildman–Crippen MR) is 71.0 cm³/mol. The van der Waals surface area contributed by atoms with Crippen LogP contribution in [0.25, 0.3) is 0 Å². The maximum absolute atomic E-state index is 12.2. The lowest BCUT2D eigenvalue weighted by atomic mass is 10.0. The van der Waals surface area contributed by atoms with Crippen LogP contribution in [0.5, 0.6) is 0 Å². The normalized spacial score (nSPS) is 12.8. The Morgan fingerprint density at radius 3 is 2.60 bits per heavy atom. The third-order valence-corrected chi connectivity index (χ3v) is 3.04. The minimum Gasteiger partial charge on any atom is -0.460 e. The van der Waals surface area contributed by atoms with Crippen LogP contribution < -0.4 is 5.32 Å². The van der Waals surface area contributed by atoms with E-state index in [4.69, 9.17) is 4.74 Å². The van der Waals surface area contributed by atoms with Gasteiger partial charge in [-0.3, -0.25) is 4.79 Å². The fraction of sp³-hybridized carbons (Fsp3) is 0.750. The van der Waals surface area contributed by atoms with Crippen molar-refractivity contribution in [3.05, 3.63) is 5.82 Å². The Hall–Kier alpha value is -1.99. The molecule has 0 aromatic carbocycles. The summed E-state index contributed by atoms with van der Waals surface area (Å²) < 4.78 is 6.01. The average molecular weight is 283 g/mol. The summed E-state index contributed by atoms with van der Waals surface area (Å²) in [7, 11) is 0. The minimum atomic E-state index is -0.699. The highest BCUT2D eigenvalue weighted by molar-refractivity contribution is 5.87. The fourth-order valence-corrected chi connectivity index (χ4v) is 1.42. The van der Waals surface area contributed by atoms with Gasteiger partial charge in [0.15, 0.2) is 0 Å². The molecule has 0 aliphatic carbocycles. The van der Waals surface area contributed by atoms with Crippen LogP contribution in [0.2, 0.25) is 0 Å². The van der Waals surface area contributed by atoms with E-state index < -0.39 is 12.0 Å². The molecule has 0 saturated carbocycles. The van der Waals surface area contributed by atoms with E-state index in [1.807, 2.05) is 20.8 Å². The lowest BCUT2D eigenvalue weighted by molar-refractivity contribution is -0.125. The average Bonchev–Trinajstić information content (AvgIpc) is 2.86. The van der Waals surface area contributed by atoms with Gasteiger partial charge in [-0.05, 0) is 44.5 Å². The summed E-state index contributed by atoms with van der Waals surface area (Å²) in [6, 6.07) is -0.699. The number of nitrogens with zero attached hydrogens (tertiary/aromatic N) is 4. The molecular formula is C12H21N5O3. The highest BCUT2D eigenvalue weighted by atomic mass is 16.5. The first-order valence-electron chi connectivity index (χ1n) is 6.59. The van der Waals surface area contributed by atoms with Crippen LogP contribution in [0.4, 0.5) is 0 Å². The van der Waals surface area contributed by atoms with Crippen molar-refractivity contribution in [2.24, 2.45) is 0 Å². The van der Waals surface area contributed by atoms with E-state index >= 15 is 0 Å². The number of aromatic nitrogens is 4. The van der Waals surface area contributed by atoms with Gasteiger partial charge in [-0.1, -0.05) is 6.92 Å². The van der Waals surface area contributed by atoms with Gasteiger partial charge < -0.3 is 10.1 Å². The Morgan fingerprint density at radius 1 is 1.40 bits per heavy atom. The molecule has 1 atom stereocenters. The first-order chi connectivity index (χ1) is 9.32. The van der Waals surface area contributed by atoms with E-state index in [2.05, 4.69) is 20.8 Å². The number of carbonyl (C=O) groups excluding carboxylic acids is 2. The number of nitrogens with one attached hydrogen (secondary N) is 1. The van der Waals surface area contributed by atoms with Crippen molar-refractivity contribution in [1.29, 1.82) is 0 Å². The summed E-state index contributed by atoms with van der Waals surface area (Å²) in [5, 5.41) is 13.6. The summed E-state index contributed by atoms with van der Waals surface area (Å²) in [5.74, 6) is -0.981. The quantitative estimate of drug-likeness (QED) is 0.772. The molecule has 1 unspecified atom stereocenters. The molecule has 0 bridgehead atoms. The molecule has 1 N–H and O–H groups in total. The number of carbonyl (C=O) groups is 2. The van der Waals surface area contributed by atoms with E-state index in [-0.39, 0.29) is 23.9 Å². The van der Waals surface area contributed by atoms with Crippen LogP contribution in [0.3, 0.4) is 0 Å². The molecule has 8 heteroatoms. The van der Waals surface area contributed by atoms with Crippen LogP contribution in [0.15, 0.2) is 0 Å². The van der Waals surface area contributed by atoms with Crippen molar-refractivity contribution in [1.82, 2.24) is 25.5 Å². The number of amides is 1. The van der Waals surface area contributed by atoms with Crippen molar-refractivity contribution < 1.29 is 14.3 Å². The molecule has 8 nitrogen and oxygen atoms in total. The highest BCUT2D eigenvalue weighted by Crippen LogP contribution is 2.12. The van der Waals surface area contributed by atoms with Crippen molar-refractivity contribution >= 4 is 11.9 Å². The van der Waals surface area contributed by atoms with E-state index in [9.17, 15) is 9.59 Å². The Labute approximate surface area is 117 Å². The molecular weight excluding hydrogens is 262 g/mol. The predicted octanol–water partition coefficient (Wildman–Crippen LogP) is 0.716. The SMILES string of the molecule is CCOC(=O)c1nnnn1C(C)C(=O)NC(C)(C)CC. The van der Waals surface area contributed by atoms with Crippen LogP contribution in [0, 0.1) is 0 Å². The second kappa shape index (κ2) is 6.44. The molecule has 1 amide bonds. The van der Waals surface area contributed by atoms with Crippen molar-refractivity contribution in [3.8, 4) is 0 Å². The standard InChI is InChI=1S/C12H21N5O3/c1-6-12(4,5)13-10(18)8(3)17-9(14-15-16-17)11(19)20-7-2/h8H,6-7H2,1-5H3,(H,13,18). The molecule has 112 valence electrons. The summed E-state index contributed by atoms with van der Waals surface area (Å²) in [4.78, 5) is 23.8. The topological polar surface area (TPSA) is 99.0 Å². The van der Waals surface area contributed by atoms with E-state index in [1.165, 1.54) is 4.68 Å². The van der Waals surface area contributed by atoms with Gasteiger partial charge in [-0.15, -0.1) is 5.10 Å². The van der Waals surface area contributed by atoms with Crippen molar-refractivity contribution in [2.75, 3.05) is 6.61 Å². The maximum Gasteiger partial charge on any atom is 0.378 e. The number of esters is 1. The number of hydrogen-bond donors (Lipinski definition) is 1. The van der Waals surface area contributed by atoms with Gasteiger partial charge in [-0.25, -0.2) is 9.48 Å². The molecule has 0 spiro atoms. The lowest BCUT2D eigenvalue weighted by Crippen LogP contribution is -2.46. The Morgan fingerprint density at radius 2 is 2.05 bits per heavy atom. The van der Waals surface area contributed by atoms with Crippen LogP contribution >= 0.6 is 0 Å².